The Kier molecular flexibility index (Phi) is 5.85. The molecule has 0 aliphatic carbocycles. The van der Waals surface area contributed by atoms with Crippen molar-refractivity contribution in [3.63, 3.8) is 0 Å². The lowest BCUT2D eigenvalue weighted by molar-refractivity contribution is -0.117. The fraction of sp³-hybridized carbons (Fsp3) is 0.222. The van der Waals surface area contributed by atoms with E-state index in [1.807, 2.05) is 43.3 Å². The summed E-state index contributed by atoms with van der Waals surface area (Å²) in [6, 6.07) is 12.1. The molecule has 0 spiro atoms. The summed E-state index contributed by atoms with van der Waals surface area (Å²) in [5, 5.41) is 3.82. The van der Waals surface area contributed by atoms with Crippen LogP contribution in [0, 0.1) is 6.92 Å². The first-order valence-electron chi connectivity index (χ1n) is 8.00. The molecular formula is C18H17N3O3S2. The topological polar surface area (TPSA) is 81.2 Å². The van der Waals surface area contributed by atoms with E-state index in [-0.39, 0.29) is 12.4 Å². The van der Waals surface area contributed by atoms with Crippen LogP contribution in [0.2, 0.25) is 0 Å². The number of amides is 2. The number of nitrogens with zero attached hydrogens (tertiary/aromatic N) is 2. The van der Waals surface area contributed by atoms with Gasteiger partial charge in [-0.05, 0) is 25.5 Å². The van der Waals surface area contributed by atoms with Gasteiger partial charge in [-0.25, -0.2) is 14.8 Å². The highest BCUT2D eigenvalue weighted by atomic mass is 32.2. The van der Waals surface area contributed by atoms with Crippen molar-refractivity contribution in [2.75, 3.05) is 12.4 Å². The lowest BCUT2D eigenvalue weighted by atomic mass is 10.2. The number of hydrogen-bond donors (Lipinski definition) is 1. The minimum atomic E-state index is -0.732. The van der Waals surface area contributed by atoms with Gasteiger partial charge >= 0.3 is 6.09 Å². The first kappa shape index (κ1) is 18.3. The monoisotopic (exact) mass is 387 g/mol. The largest absolute Gasteiger partial charge is 0.450 e. The molecule has 26 heavy (non-hydrogen) atoms. The second-order valence-corrected chi connectivity index (χ2v) is 7.32. The fourth-order valence-electron chi connectivity index (χ4n) is 2.30. The van der Waals surface area contributed by atoms with Gasteiger partial charge in [-0.2, -0.15) is 0 Å². The van der Waals surface area contributed by atoms with Crippen LogP contribution >= 0.6 is 23.1 Å². The molecule has 0 atom stereocenters. The van der Waals surface area contributed by atoms with Crippen molar-refractivity contribution in [3.8, 4) is 10.4 Å². The normalized spacial score (nSPS) is 10.7. The van der Waals surface area contributed by atoms with Crippen LogP contribution in [-0.4, -0.2) is 34.3 Å². The second-order valence-electron chi connectivity index (χ2n) is 5.33. The van der Waals surface area contributed by atoms with E-state index in [9.17, 15) is 9.59 Å². The number of imide groups is 1. The van der Waals surface area contributed by atoms with Crippen LogP contribution in [0.5, 0.6) is 0 Å². The van der Waals surface area contributed by atoms with Crippen molar-refractivity contribution >= 4 is 45.3 Å². The van der Waals surface area contributed by atoms with Crippen molar-refractivity contribution < 1.29 is 14.3 Å². The quantitative estimate of drug-likeness (QED) is 0.526. The summed E-state index contributed by atoms with van der Waals surface area (Å²) >= 11 is 2.87. The van der Waals surface area contributed by atoms with Crippen molar-refractivity contribution in [2.24, 2.45) is 0 Å². The van der Waals surface area contributed by atoms with Gasteiger partial charge < -0.3 is 4.74 Å². The average Bonchev–Trinajstić information content (AvgIpc) is 3.04. The summed E-state index contributed by atoms with van der Waals surface area (Å²) in [6.07, 6.45) is -0.732. The molecule has 0 unspecified atom stereocenters. The van der Waals surface area contributed by atoms with Gasteiger partial charge in [0, 0.05) is 10.3 Å². The highest BCUT2D eigenvalue weighted by molar-refractivity contribution is 8.00. The summed E-state index contributed by atoms with van der Waals surface area (Å²) in [6.45, 7) is 3.72. The number of fused-ring (bicyclic) bond motifs is 1. The van der Waals surface area contributed by atoms with Crippen LogP contribution in [0.25, 0.3) is 20.7 Å². The molecule has 0 fully saturated rings. The molecule has 3 aromatic rings. The van der Waals surface area contributed by atoms with E-state index in [2.05, 4.69) is 15.3 Å². The molecule has 1 aromatic carbocycles. The lowest BCUT2D eigenvalue weighted by Gasteiger charge is -2.05. The Hall–Kier alpha value is -2.45. The fourth-order valence-corrected chi connectivity index (χ4v) is 4.30. The number of hydrogen-bond acceptors (Lipinski definition) is 7. The number of aryl methyl sites for hydroxylation is 1. The molecule has 0 radical (unpaired) electrons. The van der Waals surface area contributed by atoms with Crippen molar-refractivity contribution in [1.82, 2.24) is 15.3 Å². The number of alkyl carbamates (subject to hydrolysis) is 1. The lowest BCUT2D eigenvalue weighted by Crippen LogP contribution is -2.32. The zero-order valence-corrected chi connectivity index (χ0v) is 15.9. The van der Waals surface area contributed by atoms with Gasteiger partial charge in [-0.3, -0.25) is 10.1 Å². The molecular weight excluding hydrogens is 370 g/mol. The maximum atomic E-state index is 11.9. The van der Waals surface area contributed by atoms with Gasteiger partial charge in [0.05, 0.1) is 12.4 Å². The molecule has 0 aliphatic rings. The molecule has 0 bridgehead atoms. The Bertz CT molecular complexity index is 942. The molecule has 0 saturated carbocycles. The van der Waals surface area contributed by atoms with Crippen LogP contribution in [0.15, 0.2) is 41.4 Å². The molecule has 8 heteroatoms. The second kappa shape index (κ2) is 8.29. The molecule has 1 N–H and O–H groups in total. The predicted molar refractivity (Wildman–Crippen MR) is 103 cm³/mol. The Balaban J connectivity index is 1.81. The van der Waals surface area contributed by atoms with Crippen molar-refractivity contribution in [2.45, 2.75) is 18.9 Å². The number of nitrogens with one attached hydrogen (secondary N) is 1. The summed E-state index contributed by atoms with van der Waals surface area (Å²) in [5.74, 6) is 0.296. The minimum Gasteiger partial charge on any atom is -0.450 e. The summed E-state index contributed by atoms with van der Waals surface area (Å²) < 4.78 is 4.70. The van der Waals surface area contributed by atoms with E-state index in [1.54, 1.807) is 18.3 Å². The molecule has 134 valence electrons. The van der Waals surface area contributed by atoms with Gasteiger partial charge in [0.2, 0.25) is 5.91 Å². The standard InChI is InChI=1S/C18H17N3O3S2/c1-3-24-18(23)21-15(22)10-25-16-13-9-14(12-7-5-4-6-8-12)26-17(13)20-11(2)19-16/h4-9H,3,10H2,1-2H3,(H,21,22,23). The van der Waals surface area contributed by atoms with Crippen molar-refractivity contribution in [1.29, 1.82) is 0 Å². The van der Waals surface area contributed by atoms with Gasteiger partial charge in [-0.1, -0.05) is 42.1 Å². The first-order valence-corrected chi connectivity index (χ1v) is 9.80. The Labute approximate surface area is 159 Å². The Morgan fingerprint density at radius 3 is 2.73 bits per heavy atom. The third-order valence-electron chi connectivity index (χ3n) is 3.38. The van der Waals surface area contributed by atoms with E-state index < -0.39 is 12.0 Å². The van der Waals surface area contributed by atoms with E-state index >= 15 is 0 Å². The van der Waals surface area contributed by atoms with Gasteiger partial charge in [-0.15, -0.1) is 11.3 Å². The van der Waals surface area contributed by atoms with E-state index in [0.717, 1.165) is 25.7 Å². The van der Waals surface area contributed by atoms with Crippen molar-refractivity contribution in [3.05, 3.63) is 42.2 Å². The first-order chi connectivity index (χ1) is 12.6. The highest BCUT2D eigenvalue weighted by Crippen LogP contribution is 2.36. The maximum Gasteiger partial charge on any atom is 0.413 e. The van der Waals surface area contributed by atoms with E-state index in [1.165, 1.54) is 11.8 Å². The number of thioether (sulfide) groups is 1. The van der Waals surface area contributed by atoms with Crippen LogP contribution < -0.4 is 5.32 Å². The Morgan fingerprint density at radius 2 is 2.00 bits per heavy atom. The zero-order valence-electron chi connectivity index (χ0n) is 14.3. The third-order valence-corrected chi connectivity index (χ3v) is 5.45. The maximum absolute atomic E-state index is 11.9. The minimum absolute atomic E-state index is 0.0703. The highest BCUT2D eigenvalue weighted by Gasteiger charge is 2.14. The van der Waals surface area contributed by atoms with Gasteiger partial charge in [0.15, 0.2) is 0 Å². The van der Waals surface area contributed by atoms with E-state index in [0.29, 0.717) is 5.82 Å². The average molecular weight is 387 g/mol. The number of carbonyl (C=O) groups is 2. The number of rotatable bonds is 5. The number of benzene rings is 1. The van der Waals surface area contributed by atoms with E-state index in [4.69, 9.17) is 4.74 Å². The predicted octanol–water partition coefficient (Wildman–Crippen LogP) is 4.03. The zero-order chi connectivity index (χ0) is 18.5. The molecule has 2 aromatic heterocycles. The molecule has 0 aliphatic heterocycles. The van der Waals surface area contributed by atoms with Crippen LogP contribution in [0.1, 0.15) is 12.7 Å². The van der Waals surface area contributed by atoms with Gasteiger partial charge in [0.25, 0.3) is 0 Å². The van der Waals surface area contributed by atoms with Crippen LogP contribution in [-0.2, 0) is 9.53 Å². The number of thiophene rings is 1. The molecule has 2 amide bonds. The summed E-state index contributed by atoms with van der Waals surface area (Å²) in [4.78, 5) is 34.1. The van der Waals surface area contributed by atoms with Gasteiger partial charge in [0.1, 0.15) is 15.7 Å². The van der Waals surface area contributed by atoms with Crippen LogP contribution in [0.4, 0.5) is 4.79 Å². The molecule has 0 saturated heterocycles. The Morgan fingerprint density at radius 1 is 1.23 bits per heavy atom. The SMILES string of the molecule is CCOC(=O)NC(=O)CSc1nc(C)nc2sc(-c3ccccc3)cc12. The molecule has 3 rings (SSSR count). The number of aromatic nitrogens is 2. The number of carbonyl (C=O) groups excluding carboxylic acids is 2. The summed E-state index contributed by atoms with van der Waals surface area (Å²) in [5.41, 5.74) is 1.11. The smallest absolute Gasteiger partial charge is 0.413 e. The summed E-state index contributed by atoms with van der Waals surface area (Å²) in [7, 11) is 0. The van der Waals surface area contributed by atoms with Crippen LogP contribution in [0.3, 0.4) is 0 Å². The molecule has 2 heterocycles. The third kappa shape index (κ3) is 4.39. The number of ether oxygens (including phenoxy) is 1. The molecule has 6 nitrogen and oxygen atoms in total.